The third kappa shape index (κ3) is 4.38. The predicted molar refractivity (Wildman–Crippen MR) is 62.3 cm³/mol. The zero-order valence-electron chi connectivity index (χ0n) is 9.47. The quantitative estimate of drug-likeness (QED) is 0.401. The Morgan fingerprint density at radius 3 is 2.12 bits per heavy atom. The molecule has 0 spiro atoms. The third-order valence-electron chi connectivity index (χ3n) is 2.06. The first-order valence-electron chi connectivity index (χ1n) is 4.76. The lowest BCUT2D eigenvalue weighted by Gasteiger charge is -2.28. The van der Waals surface area contributed by atoms with Gasteiger partial charge in [-0.2, -0.15) is 12.6 Å². The summed E-state index contributed by atoms with van der Waals surface area (Å²) in [4.78, 5) is 22.4. The maximum Gasteiger partial charge on any atom is 0.327 e. The molecule has 0 rings (SSSR count). The van der Waals surface area contributed by atoms with Crippen LogP contribution in [0.15, 0.2) is 0 Å². The van der Waals surface area contributed by atoms with Crippen LogP contribution in [-0.4, -0.2) is 45.0 Å². The van der Waals surface area contributed by atoms with Gasteiger partial charge in [-0.05, 0) is 20.8 Å². The minimum atomic E-state index is -1.20. The van der Waals surface area contributed by atoms with E-state index in [0.717, 1.165) is 0 Å². The van der Waals surface area contributed by atoms with E-state index >= 15 is 0 Å². The van der Waals surface area contributed by atoms with Crippen LogP contribution in [0.4, 0.5) is 0 Å². The van der Waals surface area contributed by atoms with Crippen LogP contribution >= 0.6 is 12.6 Å². The standard InChI is InChI=1S/C9H18N2O4S/c1-4(12)5(10)7(13)11-6(8(14)15)9(2,3)16/h4-6,12,16H,10H2,1-3H3,(H,11,13)(H,14,15)/t4-,5+,6+/m0/s1. The largest absolute Gasteiger partial charge is 0.480 e. The van der Waals surface area contributed by atoms with Gasteiger partial charge in [0.05, 0.1) is 6.10 Å². The van der Waals surface area contributed by atoms with Gasteiger partial charge in [-0.25, -0.2) is 4.79 Å². The molecule has 0 radical (unpaired) electrons. The number of thiol groups is 1. The topological polar surface area (TPSA) is 113 Å². The maximum atomic E-state index is 11.5. The number of carbonyl (C=O) groups is 2. The fraction of sp³-hybridized carbons (Fsp3) is 0.778. The number of aliphatic hydroxyl groups excluding tert-OH is 1. The Labute approximate surface area is 99.6 Å². The first-order valence-corrected chi connectivity index (χ1v) is 5.21. The number of hydrogen-bond acceptors (Lipinski definition) is 5. The number of carbonyl (C=O) groups excluding carboxylic acids is 1. The van der Waals surface area contributed by atoms with Gasteiger partial charge >= 0.3 is 5.97 Å². The molecular formula is C9H18N2O4S. The van der Waals surface area contributed by atoms with E-state index in [1.807, 2.05) is 0 Å². The molecule has 0 aliphatic rings. The molecule has 0 saturated heterocycles. The zero-order valence-corrected chi connectivity index (χ0v) is 10.4. The maximum absolute atomic E-state index is 11.5. The van der Waals surface area contributed by atoms with Gasteiger partial charge in [0.2, 0.25) is 5.91 Å². The van der Waals surface area contributed by atoms with E-state index in [4.69, 9.17) is 15.9 Å². The van der Waals surface area contributed by atoms with Crippen LogP contribution in [0.3, 0.4) is 0 Å². The van der Waals surface area contributed by atoms with Gasteiger partial charge in [0, 0.05) is 4.75 Å². The molecule has 7 heteroatoms. The van der Waals surface area contributed by atoms with Gasteiger partial charge in [-0.1, -0.05) is 0 Å². The normalized spacial score (nSPS) is 17.4. The van der Waals surface area contributed by atoms with Crippen molar-refractivity contribution in [3.05, 3.63) is 0 Å². The monoisotopic (exact) mass is 250 g/mol. The van der Waals surface area contributed by atoms with E-state index < -0.39 is 34.8 Å². The number of rotatable bonds is 5. The summed E-state index contributed by atoms with van der Waals surface area (Å²) in [5.41, 5.74) is 5.37. The van der Waals surface area contributed by atoms with Crippen LogP contribution in [-0.2, 0) is 9.59 Å². The lowest BCUT2D eigenvalue weighted by atomic mass is 10.0. The number of amides is 1. The van der Waals surface area contributed by atoms with Crippen molar-refractivity contribution in [2.24, 2.45) is 5.73 Å². The fourth-order valence-electron chi connectivity index (χ4n) is 0.998. The number of carboxylic acids is 1. The molecule has 0 fully saturated rings. The van der Waals surface area contributed by atoms with E-state index in [9.17, 15) is 9.59 Å². The highest BCUT2D eigenvalue weighted by Gasteiger charge is 2.35. The van der Waals surface area contributed by atoms with Crippen LogP contribution in [0.1, 0.15) is 20.8 Å². The van der Waals surface area contributed by atoms with E-state index in [2.05, 4.69) is 17.9 Å². The van der Waals surface area contributed by atoms with Gasteiger partial charge in [0.15, 0.2) is 0 Å². The fourth-order valence-corrected chi connectivity index (χ4v) is 1.17. The van der Waals surface area contributed by atoms with Gasteiger partial charge < -0.3 is 21.3 Å². The van der Waals surface area contributed by atoms with Gasteiger partial charge in [0.25, 0.3) is 0 Å². The lowest BCUT2D eigenvalue weighted by molar-refractivity contribution is -0.143. The summed E-state index contributed by atoms with van der Waals surface area (Å²) < 4.78 is -0.931. The Morgan fingerprint density at radius 2 is 1.88 bits per heavy atom. The molecule has 0 aromatic heterocycles. The van der Waals surface area contributed by atoms with Gasteiger partial charge in [0.1, 0.15) is 12.1 Å². The smallest absolute Gasteiger partial charge is 0.327 e. The number of nitrogens with one attached hydrogen (secondary N) is 1. The summed E-state index contributed by atoms with van der Waals surface area (Å²) in [6.45, 7) is 4.47. The number of nitrogens with two attached hydrogens (primary N) is 1. The third-order valence-corrected chi connectivity index (χ3v) is 2.32. The first kappa shape index (κ1) is 15.2. The molecule has 0 heterocycles. The minimum Gasteiger partial charge on any atom is -0.480 e. The summed E-state index contributed by atoms with van der Waals surface area (Å²) in [5.74, 6) is -1.92. The second-order valence-corrected chi connectivity index (χ2v) is 5.35. The summed E-state index contributed by atoms with van der Waals surface area (Å²) in [6.07, 6.45) is -1.04. The molecule has 0 unspecified atom stereocenters. The molecule has 0 bridgehead atoms. The van der Waals surface area contributed by atoms with Crippen molar-refractivity contribution >= 4 is 24.5 Å². The van der Waals surface area contributed by atoms with Gasteiger partial charge in [-0.3, -0.25) is 4.79 Å². The first-order chi connectivity index (χ1) is 7.07. The Kier molecular flexibility index (Phi) is 5.24. The Balaban J connectivity index is 4.67. The molecular weight excluding hydrogens is 232 g/mol. The molecule has 1 amide bonds. The highest BCUT2D eigenvalue weighted by molar-refractivity contribution is 7.81. The lowest BCUT2D eigenvalue weighted by Crippen LogP contribution is -2.57. The van der Waals surface area contributed by atoms with Crippen molar-refractivity contribution in [2.45, 2.75) is 43.7 Å². The molecule has 0 aliphatic heterocycles. The Morgan fingerprint density at radius 1 is 1.44 bits per heavy atom. The van der Waals surface area contributed by atoms with Crippen molar-refractivity contribution < 1.29 is 19.8 Å². The number of hydrogen-bond donors (Lipinski definition) is 5. The van der Waals surface area contributed by atoms with Crippen LogP contribution in [0.5, 0.6) is 0 Å². The molecule has 0 aliphatic carbocycles. The average Bonchev–Trinajstić information content (AvgIpc) is 2.09. The highest BCUT2D eigenvalue weighted by atomic mass is 32.1. The van der Waals surface area contributed by atoms with Crippen molar-refractivity contribution in [3.8, 4) is 0 Å². The van der Waals surface area contributed by atoms with Crippen LogP contribution in [0.25, 0.3) is 0 Å². The second-order valence-electron chi connectivity index (χ2n) is 4.20. The molecule has 16 heavy (non-hydrogen) atoms. The van der Waals surface area contributed by atoms with Crippen molar-refractivity contribution in [2.75, 3.05) is 0 Å². The molecule has 0 aromatic rings. The number of aliphatic carboxylic acids is 1. The molecule has 0 saturated carbocycles. The summed E-state index contributed by atoms with van der Waals surface area (Å²) in [7, 11) is 0. The summed E-state index contributed by atoms with van der Waals surface area (Å²) in [5, 5.41) is 20.2. The van der Waals surface area contributed by atoms with Crippen LogP contribution in [0.2, 0.25) is 0 Å². The van der Waals surface area contributed by atoms with E-state index in [1.165, 1.54) is 6.92 Å². The van der Waals surface area contributed by atoms with Crippen molar-refractivity contribution in [1.82, 2.24) is 5.32 Å². The highest BCUT2D eigenvalue weighted by Crippen LogP contribution is 2.17. The van der Waals surface area contributed by atoms with Crippen LogP contribution < -0.4 is 11.1 Å². The molecule has 0 aromatic carbocycles. The Bertz CT molecular complexity index is 275. The van der Waals surface area contributed by atoms with Crippen LogP contribution in [0, 0.1) is 0 Å². The Hall–Kier alpha value is -0.790. The number of carboxylic acid groups (broad SMARTS) is 1. The SMILES string of the molecule is C[C@H](O)[C@@H](N)C(=O)N[C@H](C(=O)O)C(C)(C)S. The number of aliphatic hydroxyl groups is 1. The molecule has 6 nitrogen and oxygen atoms in total. The van der Waals surface area contributed by atoms with Gasteiger partial charge in [-0.15, -0.1) is 0 Å². The zero-order chi connectivity index (χ0) is 13.1. The van der Waals surface area contributed by atoms with Crippen molar-refractivity contribution in [1.29, 1.82) is 0 Å². The average molecular weight is 250 g/mol. The van der Waals surface area contributed by atoms with E-state index in [0.29, 0.717) is 0 Å². The minimum absolute atomic E-state index is 0.718. The predicted octanol–water partition coefficient (Wildman–Crippen LogP) is -1.03. The summed E-state index contributed by atoms with van der Waals surface area (Å²) in [6, 6.07) is -2.33. The van der Waals surface area contributed by atoms with E-state index in [1.54, 1.807) is 13.8 Å². The summed E-state index contributed by atoms with van der Waals surface area (Å²) >= 11 is 4.09. The molecule has 94 valence electrons. The van der Waals surface area contributed by atoms with E-state index in [-0.39, 0.29) is 0 Å². The molecule has 3 atom stereocenters. The molecule has 5 N–H and O–H groups in total. The van der Waals surface area contributed by atoms with Crippen molar-refractivity contribution in [3.63, 3.8) is 0 Å². The second kappa shape index (κ2) is 5.51.